The van der Waals surface area contributed by atoms with Gasteiger partial charge in [0.2, 0.25) is 0 Å². The first-order chi connectivity index (χ1) is 13.0. The molecule has 0 aliphatic rings. The van der Waals surface area contributed by atoms with Crippen LogP contribution in [0, 0.1) is 6.92 Å². The highest BCUT2D eigenvalue weighted by molar-refractivity contribution is 5.84. The predicted molar refractivity (Wildman–Crippen MR) is 113 cm³/mol. The lowest BCUT2D eigenvalue weighted by Gasteiger charge is -2.23. The number of aromatic hydroxyl groups is 1. The van der Waals surface area contributed by atoms with Crippen LogP contribution in [0.5, 0.6) is 5.75 Å². The molecule has 0 atom stereocenters. The van der Waals surface area contributed by atoms with Crippen LogP contribution in [-0.4, -0.2) is 66.4 Å². The second-order valence-corrected chi connectivity index (χ2v) is 7.14. The number of benzene rings is 1. The van der Waals surface area contributed by atoms with Crippen LogP contribution < -0.4 is 0 Å². The fourth-order valence-corrected chi connectivity index (χ4v) is 2.92. The van der Waals surface area contributed by atoms with Crippen molar-refractivity contribution in [2.45, 2.75) is 26.8 Å². The Morgan fingerprint density at radius 2 is 2.00 bits per heavy atom. The lowest BCUT2D eigenvalue weighted by atomic mass is 10.0. The number of pyridine rings is 1. The third-order valence-corrected chi connectivity index (χ3v) is 4.52. The van der Waals surface area contributed by atoms with Crippen LogP contribution in [0.2, 0.25) is 0 Å². The molecule has 27 heavy (non-hydrogen) atoms. The quantitative estimate of drug-likeness (QED) is 0.655. The number of phenolic OH excluding ortho intramolecular Hbond substituents is 1. The molecule has 1 aromatic carbocycles. The Morgan fingerprint density at radius 1 is 1.19 bits per heavy atom. The number of aryl methyl sites for hydroxylation is 1. The topological polar surface area (TPSA) is 52.0 Å². The molecule has 1 aromatic heterocycles. The highest BCUT2D eigenvalue weighted by Crippen LogP contribution is 2.24. The number of aliphatic imine (C=N–C) groups is 1. The van der Waals surface area contributed by atoms with E-state index in [4.69, 9.17) is 0 Å². The second kappa shape index (κ2) is 10.8. The predicted octanol–water partition coefficient (Wildman–Crippen LogP) is 3.14. The molecule has 2 rings (SSSR count). The van der Waals surface area contributed by atoms with Crippen molar-refractivity contribution in [3.63, 3.8) is 0 Å². The molecule has 5 nitrogen and oxygen atoms in total. The molecule has 0 fully saturated rings. The zero-order valence-electron chi connectivity index (χ0n) is 17.0. The zero-order valence-corrected chi connectivity index (χ0v) is 17.0. The summed E-state index contributed by atoms with van der Waals surface area (Å²) in [5.74, 6) is 0.338. The fraction of sp³-hybridized carbons (Fsp3) is 0.455. The van der Waals surface area contributed by atoms with E-state index in [1.807, 2.05) is 24.3 Å². The van der Waals surface area contributed by atoms with Crippen molar-refractivity contribution in [1.82, 2.24) is 14.8 Å². The van der Waals surface area contributed by atoms with Crippen molar-refractivity contribution in [1.29, 1.82) is 0 Å². The molecule has 1 heterocycles. The van der Waals surface area contributed by atoms with Crippen molar-refractivity contribution >= 4 is 6.21 Å². The van der Waals surface area contributed by atoms with Gasteiger partial charge in [-0.3, -0.25) is 14.9 Å². The highest BCUT2D eigenvalue weighted by Gasteiger charge is 2.11. The number of hydrogen-bond donors (Lipinski definition) is 1. The SMILES string of the molecule is CCN(CCN(C)C)Cc1cc(C)cc(C=NCCc2ccccn2)c1O. The van der Waals surface area contributed by atoms with Crippen LogP contribution in [0.3, 0.4) is 0 Å². The zero-order chi connectivity index (χ0) is 19.6. The molecule has 0 radical (unpaired) electrons. The van der Waals surface area contributed by atoms with E-state index in [9.17, 15) is 5.11 Å². The number of nitrogens with zero attached hydrogens (tertiary/aromatic N) is 4. The first-order valence-corrected chi connectivity index (χ1v) is 9.59. The Morgan fingerprint density at radius 3 is 2.67 bits per heavy atom. The smallest absolute Gasteiger partial charge is 0.128 e. The van der Waals surface area contributed by atoms with Gasteiger partial charge in [0.05, 0.1) is 0 Å². The number of hydrogen-bond acceptors (Lipinski definition) is 5. The van der Waals surface area contributed by atoms with Crippen LogP contribution in [0.15, 0.2) is 41.5 Å². The lowest BCUT2D eigenvalue weighted by molar-refractivity contribution is 0.241. The van der Waals surface area contributed by atoms with Crippen molar-refractivity contribution in [3.05, 3.63) is 58.9 Å². The van der Waals surface area contributed by atoms with Gasteiger partial charge in [-0.25, -0.2) is 0 Å². The Kier molecular flexibility index (Phi) is 8.43. The molecule has 0 aliphatic heterocycles. The average Bonchev–Trinajstić information content (AvgIpc) is 2.66. The van der Waals surface area contributed by atoms with Crippen LogP contribution >= 0.6 is 0 Å². The van der Waals surface area contributed by atoms with Gasteiger partial charge in [-0.15, -0.1) is 0 Å². The summed E-state index contributed by atoms with van der Waals surface area (Å²) in [6.07, 6.45) is 4.38. The van der Waals surface area contributed by atoms with Gasteiger partial charge in [-0.2, -0.15) is 0 Å². The summed E-state index contributed by atoms with van der Waals surface area (Å²) in [6.45, 7) is 8.55. The molecule has 0 saturated heterocycles. The van der Waals surface area contributed by atoms with E-state index in [-0.39, 0.29) is 0 Å². The molecular weight excluding hydrogens is 336 g/mol. The molecule has 0 saturated carbocycles. The number of likely N-dealkylation sites (N-methyl/N-ethyl adjacent to an activating group) is 2. The second-order valence-electron chi connectivity index (χ2n) is 7.14. The summed E-state index contributed by atoms with van der Waals surface area (Å²) >= 11 is 0. The van der Waals surface area contributed by atoms with E-state index >= 15 is 0 Å². The molecule has 0 bridgehead atoms. The van der Waals surface area contributed by atoms with Crippen molar-refractivity contribution in [3.8, 4) is 5.75 Å². The van der Waals surface area contributed by atoms with Gasteiger partial charge in [0.1, 0.15) is 5.75 Å². The van der Waals surface area contributed by atoms with E-state index < -0.39 is 0 Å². The molecule has 1 N–H and O–H groups in total. The van der Waals surface area contributed by atoms with E-state index in [1.54, 1.807) is 12.4 Å². The molecule has 0 spiro atoms. The Hall–Kier alpha value is -2.24. The standard InChI is InChI=1S/C22H32N4O/c1-5-26(13-12-25(3)4)17-20-15-18(2)14-19(22(20)27)16-23-11-9-21-8-6-7-10-24-21/h6-8,10,14-16,27H,5,9,11-13,17H2,1-4H3. The van der Waals surface area contributed by atoms with Gasteiger partial charge in [-0.05, 0) is 51.3 Å². The average molecular weight is 369 g/mol. The largest absolute Gasteiger partial charge is 0.507 e. The minimum absolute atomic E-state index is 0.338. The van der Waals surface area contributed by atoms with E-state index in [1.165, 1.54) is 0 Å². The molecule has 2 aromatic rings. The third kappa shape index (κ3) is 7.12. The van der Waals surface area contributed by atoms with Crippen molar-refractivity contribution in [2.75, 3.05) is 40.3 Å². The first kappa shape index (κ1) is 21.1. The Bertz CT molecular complexity index is 729. The Balaban J connectivity index is 2.03. The molecule has 0 aliphatic carbocycles. The normalized spacial score (nSPS) is 11.8. The van der Waals surface area contributed by atoms with Crippen LogP contribution in [-0.2, 0) is 13.0 Å². The van der Waals surface area contributed by atoms with Crippen molar-refractivity contribution < 1.29 is 5.11 Å². The van der Waals surface area contributed by atoms with Gasteiger partial charge in [0, 0.05) is 61.8 Å². The van der Waals surface area contributed by atoms with Gasteiger partial charge < -0.3 is 10.0 Å². The number of phenols is 1. The molecule has 0 amide bonds. The number of rotatable bonds is 10. The number of aromatic nitrogens is 1. The summed E-state index contributed by atoms with van der Waals surface area (Å²) in [6, 6.07) is 9.96. The van der Waals surface area contributed by atoms with Gasteiger partial charge in [0.25, 0.3) is 0 Å². The van der Waals surface area contributed by atoms with Crippen LogP contribution in [0.4, 0.5) is 0 Å². The molecule has 5 heteroatoms. The maximum atomic E-state index is 10.7. The molecular formula is C22H32N4O. The minimum Gasteiger partial charge on any atom is -0.507 e. The maximum absolute atomic E-state index is 10.7. The van der Waals surface area contributed by atoms with Crippen LogP contribution in [0.25, 0.3) is 0 Å². The van der Waals surface area contributed by atoms with E-state index in [0.717, 1.165) is 55.0 Å². The minimum atomic E-state index is 0.338. The monoisotopic (exact) mass is 368 g/mol. The Labute approximate surface area is 163 Å². The highest BCUT2D eigenvalue weighted by atomic mass is 16.3. The lowest BCUT2D eigenvalue weighted by Crippen LogP contribution is -2.31. The van der Waals surface area contributed by atoms with E-state index in [0.29, 0.717) is 12.3 Å². The van der Waals surface area contributed by atoms with E-state index in [2.05, 4.69) is 53.8 Å². The first-order valence-electron chi connectivity index (χ1n) is 9.59. The summed E-state index contributed by atoms with van der Waals surface area (Å²) in [5, 5.41) is 10.7. The summed E-state index contributed by atoms with van der Waals surface area (Å²) in [5.41, 5.74) is 3.91. The van der Waals surface area contributed by atoms with Gasteiger partial charge >= 0.3 is 0 Å². The maximum Gasteiger partial charge on any atom is 0.128 e. The van der Waals surface area contributed by atoms with Gasteiger partial charge in [-0.1, -0.05) is 19.1 Å². The third-order valence-electron chi connectivity index (χ3n) is 4.52. The van der Waals surface area contributed by atoms with Gasteiger partial charge in [0.15, 0.2) is 0 Å². The summed E-state index contributed by atoms with van der Waals surface area (Å²) in [7, 11) is 4.16. The summed E-state index contributed by atoms with van der Waals surface area (Å²) < 4.78 is 0. The van der Waals surface area contributed by atoms with Crippen molar-refractivity contribution in [2.24, 2.45) is 4.99 Å². The van der Waals surface area contributed by atoms with Crippen LogP contribution in [0.1, 0.15) is 29.3 Å². The molecule has 146 valence electrons. The molecule has 0 unspecified atom stereocenters. The summed E-state index contributed by atoms with van der Waals surface area (Å²) in [4.78, 5) is 13.3. The fourth-order valence-electron chi connectivity index (χ4n) is 2.92.